The van der Waals surface area contributed by atoms with E-state index in [4.69, 9.17) is 9.47 Å². The molecule has 0 aliphatic carbocycles. The first-order valence-corrected chi connectivity index (χ1v) is 7.75. The van der Waals surface area contributed by atoms with Crippen LogP contribution in [-0.4, -0.2) is 30.0 Å². The normalized spacial score (nSPS) is 10.1. The molecule has 2 aromatic rings. The number of nitrogens with one attached hydrogen (secondary N) is 1. The van der Waals surface area contributed by atoms with Crippen molar-refractivity contribution >= 4 is 23.3 Å². The lowest BCUT2D eigenvalue weighted by Crippen LogP contribution is -2.24. The zero-order valence-corrected chi connectivity index (χ0v) is 14.4. The van der Waals surface area contributed by atoms with Crippen LogP contribution in [-0.2, 0) is 14.3 Å². The van der Waals surface area contributed by atoms with Crippen molar-refractivity contribution in [1.82, 2.24) is 0 Å². The van der Waals surface area contributed by atoms with E-state index < -0.39 is 23.4 Å². The van der Waals surface area contributed by atoms with Gasteiger partial charge in [-0.15, -0.1) is 0 Å². The summed E-state index contributed by atoms with van der Waals surface area (Å²) in [5, 5.41) is 13.4. The summed E-state index contributed by atoms with van der Waals surface area (Å²) in [5.74, 6) is -0.886. The molecule has 8 nitrogen and oxygen atoms in total. The second-order valence-corrected chi connectivity index (χ2v) is 5.59. The van der Waals surface area contributed by atoms with Crippen LogP contribution in [0.15, 0.2) is 42.5 Å². The molecule has 0 heterocycles. The number of benzene rings is 2. The van der Waals surface area contributed by atoms with Crippen molar-refractivity contribution in [3.8, 4) is 5.75 Å². The molecule has 2 aromatic carbocycles. The molecule has 0 radical (unpaired) electrons. The van der Waals surface area contributed by atoms with Crippen LogP contribution in [0.4, 0.5) is 11.4 Å². The summed E-state index contributed by atoms with van der Waals surface area (Å²) in [7, 11) is 0. The Morgan fingerprint density at radius 2 is 1.81 bits per heavy atom. The van der Waals surface area contributed by atoms with Crippen LogP contribution in [0.25, 0.3) is 0 Å². The Kier molecular flexibility index (Phi) is 6.26. The van der Waals surface area contributed by atoms with Crippen LogP contribution in [0.3, 0.4) is 0 Å². The Labute approximate surface area is 149 Å². The molecule has 0 aliphatic heterocycles. The van der Waals surface area contributed by atoms with E-state index in [0.717, 1.165) is 5.56 Å². The summed E-state index contributed by atoms with van der Waals surface area (Å²) in [6.07, 6.45) is 0. The van der Waals surface area contributed by atoms with Gasteiger partial charge in [0.15, 0.2) is 13.2 Å². The highest BCUT2D eigenvalue weighted by molar-refractivity contribution is 5.94. The number of ether oxygens (including phenoxy) is 2. The number of nitro benzene ring substituents is 1. The van der Waals surface area contributed by atoms with Crippen molar-refractivity contribution in [2.24, 2.45) is 0 Å². The first-order chi connectivity index (χ1) is 12.3. The van der Waals surface area contributed by atoms with Crippen molar-refractivity contribution in [3.63, 3.8) is 0 Å². The van der Waals surface area contributed by atoms with E-state index in [1.54, 1.807) is 31.2 Å². The number of carbonyl (C=O) groups is 2. The van der Waals surface area contributed by atoms with Gasteiger partial charge in [0.05, 0.1) is 4.92 Å². The van der Waals surface area contributed by atoms with E-state index >= 15 is 0 Å². The maximum atomic E-state index is 11.8. The predicted octanol–water partition coefficient (Wildman–Crippen LogP) is 2.77. The molecule has 8 heteroatoms. The molecule has 0 aromatic heterocycles. The van der Waals surface area contributed by atoms with Gasteiger partial charge in [-0.25, -0.2) is 4.79 Å². The molecule has 0 bridgehead atoms. The van der Waals surface area contributed by atoms with E-state index in [2.05, 4.69) is 5.32 Å². The Bertz CT molecular complexity index is 834. The Morgan fingerprint density at radius 3 is 2.50 bits per heavy atom. The number of rotatable bonds is 7. The Balaban J connectivity index is 1.83. The number of hydrogen-bond donors (Lipinski definition) is 1. The van der Waals surface area contributed by atoms with E-state index in [1.807, 2.05) is 13.0 Å². The number of anilines is 1. The van der Waals surface area contributed by atoms with E-state index in [9.17, 15) is 19.7 Å². The zero-order valence-electron chi connectivity index (χ0n) is 14.4. The summed E-state index contributed by atoms with van der Waals surface area (Å²) in [6, 6.07) is 11.5. The third kappa shape index (κ3) is 5.59. The van der Waals surface area contributed by atoms with Crippen molar-refractivity contribution < 1.29 is 24.0 Å². The minimum Gasteiger partial charge on any atom is -0.482 e. The van der Waals surface area contributed by atoms with Gasteiger partial charge >= 0.3 is 5.97 Å². The molecular weight excluding hydrogens is 340 g/mol. The van der Waals surface area contributed by atoms with Crippen LogP contribution in [0.2, 0.25) is 0 Å². The summed E-state index contributed by atoms with van der Waals surface area (Å²) >= 11 is 0. The molecule has 1 N–H and O–H groups in total. The smallest absolute Gasteiger partial charge is 0.344 e. The average Bonchev–Trinajstić information content (AvgIpc) is 2.59. The largest absolute Gasteiger partial charge is 0.482 e. The van der Waals surface area contributed by atoms with Crippen molar-refractivity contribution in [3.05, 3.63) is 63.7 Å². The average molecular weight is 358 g/mol. The second-order valence-electron chi connectivity index (χ2n) is 5.59. The number of nitro groups is 1. The molecule has 26 heavy (non-hydrogen) atoms. The maximum Gasteiger partial charge on any atom is 0.344 e. The van der Waals surface area contributed by atoms with Crippen LogP contribution < -0.4 is 10.1 Å². The monoisotopic (exact) mass is 358 g/mol. The summed E-state index contributed by atoms with van der Waals surface area (Å²) in [6.45, 7) is 2.68. The number of aryl methyl sites for hydroxylation is 2. The van der Waals surface area contributed by atoms with Gasteiger partial charge in [0.25, 0.3) is 11.6 Å². The molecule has 1 amide bonds. The number of nitrogens with zero attached hydrogens (tertiary/aromatic N) is 1. The number of hydrogen-bond acceptors (Lipinski definition) is 6. The molecule has 0 fully saturated rings. The fraction of sp³-hybridized carbons (Fsp3) is 0.222. The molecule has 136 valence electrons. The van der Waals surface area contributed by atoms with E-state index in [0.29, 0.717) is 11.3 Å². The molecular formula is C18H18N2O6. The Hall–Kier alpha value is -3.42. The van der Waals surface area contributed by atoms with Crippen molar-refractivity contribution in [2.45, 2.75) is 13.8 Å². The molecule has 0 spiro atoms. The van der Waals surface area contributed by atoms with Crippen molar-refractivity contribution in [2.75, 3.05) is 18.5 Å². The second kappa shape index (κ2) is 8.61. The quantitative estimate of drug-likeness (QED) is 0.463. The van der Waals surface area contributed by atoms with E-state index in [-0.39, 0.29) is 18.0 Å². The molecule has 0 saturated heterocycles. The van der Waals surface area contributed by atoms with Gasteiger partial charge in [-0.1, -0.05) is 18.2 Å². The third-order valence-corrected chi connectivity index (χ3v) is 3.33. The SMILES string of the molecule is Cc1cccc(OCC(=O)OCC(=O)Nc2ccc(C)cc2[N+](=O)[O-])c1. The van der Waals surface area contributed by atoms with Crippen LogP contribution in [0, 0.1) is 24.0 Å². The molecule has 0 saturated carbocycles. The van der Waals surface area contributed by atoms with Gasteiger partial charge < -0.3 is 14.8 Å². The summed E-state index contributed by atoms with van der Waals surface area (Å²) < 4.78 is 10.1. The number of amides is 1. The van der Waals surface area contributed by atoms with Gasteiger partial charge in [0, 0.05) is 6.07 Å². The number of carbonyl (C=O) groups excluding carboxylic acids is 2. The highest BCUT2D eigenvalue weighted by Crippen LogP contribution is 2.25. The minimum absolute atomic E-state index is 0.0395. The van der Waals surface area contributed by atoms with Crippen molar-refractivity contribution in [1.29, 1.82) is 0 Å². The van der Waals surface area contributed by atoms with Crippen LogP contribution in [0.5, 0.6) is 5.75 Å². The van der Waals surface area contributed by atoms with E-state index in [1.165, 1.54) is 12.1 Å². The van der Waals surface area contributed by atoms with Crippen LogP contribution >= 0.6 is 0 Å². The molecule has 2 rings (SSSR count). The van der Waals surface area contributed by atoms with Crippen LogP contribution in [0.1, 0.15) is 11.1 Å². The molecule has 0 atom stereocenters. The first kappa shape index (κ1) is 18.9. The fourth-order valence-electron chi connectivity index (χ4n) is 2.12. The lowest BCUT2D eigenvalue weighted by atomic mass is 10.2. The fourth-order valence-corrected chi connectivity index (χ4v) is 2.12. The van der Waals surface area contributed by atoms with Gasteiger partial charge in [-0.3, -0.25) is 14.9 Å². The zero-order chi connectivity index (χ0) is 19.1. The molecule has 0 unspecified atom stereocenters. The highest BCUT2D eigenvalue weighted by atomic mass is 16.6. The topological polar surface area (TPSA) is 108 Å². The highest BCUT2D eigenvalue weighted by Gasteiger charge is 2.17. The van der Waals surface area contributed by atoms with Gasteiger partial charge in [0.2, 0.25) is 0 Å². The maximum absolute atomic E-state index is 11.8. The Morgan fingerprint density at radius 1 is 1.08 bits per heavy atom. The lowest BCUT2D eigenvalue weighted by molar-refractivity contribution is -0.384. The summed E-state index contributed by atoms with van der Waals surface area (Å²) in [5.41, 5.74) is 1.48. The van der Waals surface area contributed by atoms with Gasteiger partial charge in [-0.2, -0.15) is 0 Å². The number of esters is 1. The third-order valence-electron chi connectivity index (χ3n) is 3.33. The summed E-state index contributed by atoms with van der Waals surface area (Å²) in [4.78, 5) is 33.9. The standard InChI is InChI=1S/C18H18N2O6/c1-12-4-3-5-14(8-12)25-11-18(22)26-10-17(21)19-15-7-6-13(2)9-16(15)20(23)24/h3-9H,10-11H2,1-2H3,(H,19,21). The van der Waals surface area contributed by atoms with Gasteiger partial charge in [0.1, 0.15) is 11.4 Å². The minimum atomic E-state index is -0.722. The van der Waals surface area contributed by atoms with Gasteiger partial charge in [-0.05, 0) is 43.2 Å². The predicted molar refractivity (Wildman–Crippen MR) is 94.1 cm³/mol. The molecule has 0 aliphatic rings. The lowest BCUT2D eigenvalue weighted by Gasteiger charge is -2.09. The first-order valence-electron chi connectivity index (χ1n) is 7.75.